The van der Waals surface area contributed by atoms with E-state index < -0.39 is 0 Å². The third kappa shape index (κ3) is 3.31. The Morgan fingerprint density at radius 1 is 1.15 bits per heavy atom. The quantitative estimate of drug-likeness (QED) is 0.595. The molecule has 0 heterocycles. The molecule has 0 atom stereocenters. The van der Waals surface area contributed by atoms with Crippen LogP contribution in [0.4, 0.5) is 0 Å². The highest BCUT2D eigenvalue weighted by Gasteiger charge is 2.12. The highest BCUT2D eigenvalue weighted by molar-refractivity contribution is 7.79. The van der Waals surface area contributed by atoms with Crippen LogP contribution in [-0.2, 0) is 6.42 Å². The Morgan fingerprint density at radius 3 is 2.60 bits per heavy atom. The molecule has 0 N–H and O–H groups in total. The Balaban J connectivity index is 2.11. The smallest absolute Gasteiger partial charge is 0.166 e. The van der Waals surface area contributed by atoms with E-state index in [1.54, 1.807) is 24.6 Å². The van der Waals surface area contributed by atoms with Crippen molar-refractivity contribution in [3.63, 3.8) is 0 Å². The number of aryl methyl sites for hydroxylation is 1. The minimum Gasteiger partial charge on any atom is -0.496 e. The lowest BCUT2D eigenvalue weighted by atomic mass is 9.99. The molecule has 0 amide bonds. The second-order valence-electron chi connectivity index (χ2n) is 4.44. The first kappa shape index (κ1) is 14.4. The fraction of sp³-hybridized carbons (Fsp3) is 0.176. The van der Waals surface area contributed by atoms with Crippen molar-refractivity contribution < 1.29 is 9.53 Å². The van der Waals surface area contributed by atoms with Gasteiger partial charge in [0.1, 0.15) is 5.75 Å². The largest absolute Gasteiger partial charge is 0.496 e. The molecule has 0 aliphatic rings. The molecule has 0 aromatic heterocycles. The summed E-state index contributed by atoms with van der Waals surface area (Å²) >= 11 is 4.99. The summed E-state index contributed by atoms with van der Waals surface area (Å²) in [5.74, 6) is 0.710. The molecule has 0 unspecified atom stereocenters. The lowest BCUT2D eigenvalue weighted by molar-refractivity contribution is 0.0980. The monoisotopic (exact) mass is 284 g/mol. The number of carbonyl (C=O) groups is 1. The molecule has 3 heteroatoms. The molecular formula is C17H16O2S. The van der Waals surface area contributed by atoms with E-state index in [-0.39, 0.29) is 5.78 Å². The molecule has 102 valence electrons. The van der Waals surface area contributed by atoms with Gasteiger partial charge < -0.3 is 4.74 Å². The SMILES string of the molecule is COc1ccccc1C(=O)CCc1ccccc1C=S. The fourth-order valence-corrected chi connectivity index (χ4v) is 2.36. The van der Waals surface area contributed by atoms with Gasteiger partial charge in [0.25, 0.3) is 0 Å². The Morgan fingerprint density at radius 2 is 1.85 bits per heavy atom. The minimum atomic E-state index is 0.0848. The maximum absolute atomic E-state index is 12.3. The minimum absolute atomic E-state index is 0.0848. The van der Waals surface area contributed by atoms with E-state index in [2.05, 4.69) is 0 Å². The van der Waals surface area contributed by atoms with Crippen molar-refractivity contribution in [3.05, 3.63) is 65.2 Å². The van der Waals surface area contributed by atoms with Crippen LogP contribution in [0.25, 0.3) is 0 Å². The van der Waals surface area contributed by atoms with Crippen LogP contribution in [0.1, 0.15) is 27.9 Å². The molecule has 2 aromatic rings. The van der Waals surface area contributed by atoms with Gasteiger partial charge in [-0.15, -0.1) is 0 Å². The number of rotatable bonds is 6. The van der Waals surface area contributed by atoms with Gasteiger partial charge >= 0.3 is 0 Å². The average molecular weight is 284 g/mol. The number of para-hydroxylation sites is 1. The number of ether oxygens (including phenoxy) is 1. The number of methoxy groups -OCH3 is 1. The second kappa shape index (κ2) is 6.96. The summed E-state index contributed by atoms with van der Waals surface area (Å²) in [5, 5.41) is 1.66. The Kier molecular flexibility index (Phi) is 5.02. The molecule has 0 saturated heterocycles. The molecule has 0 saturated carbocycles. The average Bonchev–Trinajstić information content (AvgIpc) is 2.52. The normalized spacial score (nSPS) is 10.1. The van der Waals surface area contributed by atoms with Crippen molar-refractivity contribution in [1.29, 1.82) is 0 Å². The number of hydrogen-bond donors (Lipinski definition) is 0. The maximum Gasteiger partial charge on any atom is 0.166 e. The van der Waals surface area contributed by atoms with Crippen LogP contribution in [-0.4, -0.2) is 18.3 Å². The molecule has 2 nitrogen and oxygen atoms in total. The standard InChI is InChI=1S/C17H16O2S/c1-19-17-9-5-4-8-15(17)16(18)11-10-13-6-2-3-7-14(13)12-20/h2-9,12H,10-11H2,1H3. The zero-order valence-electron chi connectivity index (χ0n) is 11.3. The number of ketones is 1. The van der Waals surface area contributed by atoms with Gasteiger partial charge in [-0.05, 0) is 29.7 Å². The summed E-state index contributed by atoms with van der Waals surface area (Å²) in [4.78, 5) is 12.3. The highest BCUT2D eigenvalue weighted by atomic mass is 32.1. The number of benzene rings is 2. The first-order chi connectivity index (χ1) is 9.76. The molecule has 0 fully saturated rings. The summed E-state index contributed by atoms with van der Waals surface area (Å²) in [5.41, 5.74) is 2.75. The third-order valence-electron chi connectivity index (χ3n) is 3.21. The van der Waals surface area contributed by atoms with Gasteiger partial charge in [-0.25, -0.2) is 0 Å². The molecular weight excluding hydrogens is 268 g/mol. The van der Waals surface area contributed by atoms with E-state index >= 15 is 0 Å². The topological polar surface area (TPSA) is 26.3 Å². The lowest BCUT2D eigenvalue weighted by Crippen LogP contribution is -2.04. The molecule has 2 aromatic carbocycles. The van der Waals surface area contributed by atoms with Crippen LogP contribution < -0.4 is 4.74 Å². The highest BCUT2D eigenvalue weighted by Crippen LogP contribution is 2.20. The molecule has 0 spiro atoms. The van der Waals surface area contributed by atoms with E-state index in [0.29, 0.717) is 24.2 Å². The van der Waals surface area contributed by atoms with Crippen molar-refractivity contribution in [2.24, 2.45) is 0 Å². The van der Waals surface area contributed by atoms with Crippen molar-refractivity contribution in [3.8, 4) is 5.75 Å². The first-order valence-electron chi connectivity index (χ1n) is 6.45. The van der Waals surface area contributed by atoms with Crippen LogP contribution in [0.5, 0.6) is 5.75 Å². The van der Waals surface area contributed by atoms with Gasteiger partial charge in [0.2, 0.25) is 0 Å². The lowest BCUT2D eigenvalue weighted by Gasteiger charge is -2.08. The zero-order valence-corrected chi connectivity index (χ0v) is 12.2. The van der Waals surface area contributed by atoms with Crippen LogP contribution >= 0.6 is 12.2 Å². The van der Waals surface area contributed by atoms with Gasteiger partial charge in [-0.3, -0.25) is 4.79 Å². The summed E-state index contributed by atoms with van der Waals surface area (Å²) in [6, 6.07) is 15.2. The number of thiocarbonyl (C=S) groups is 1. The van der Waals surface area contributed by atoms with E-state index in [9.17, 15) is 4.79 Å². The van der Waals surface area contributed by atoms with Crippen LogP contribution in [0.3, 0.4) is 0 Å². The van der Waals surface area contributed by atoms with Gasteiger partial charge in [0.05, 0.1) is 12.7 Å². The van der Waals surface area contributed by atoms with Crippen LogP contribution in [0.2, 0.25) is 0 Å². The molecule has 0 aliphatic carbocycles. The second-order valence-corrected chi connectivity index (χ2v) is 4.68. The van der Waals surface area contributed by atoms with Crippen LogP contribution in [0, 0.1) is 0 Å². The van der Waals surface area contributed by atoms with Gasteiger partial charge in [-0.1, -0.05) is 48.6 Å². The van der Waals surface area contributed by atoms with Crippen LogP contribution in [0.15, 0.2) is 48.5 Å². The summed E-state index contributed by atoms with van der Waals surface area (Å²) in [7, 11) is 1.58. The summed E-state index contributed by atoms with van der Waals surface area (Å²) in [6.07, 6.45) is 1.13. The Bertz CT molecular complexity index is 620. The predicted molar refractivity (Wildman–Crippen MR) is 84.8 cm³/mol. The van der Waals surface area contributed by atoms with E-state index in [0.717, 1.165) is 11.1 Å². The molecule has 0 radical (unpaired) electrons. The van der Waals surface area contributed by atoms with Gasteiger partial charge in [-0.2, -0.15) is 0 Å². The number of carbonyl (C=O) groups excluding carboxylic acids is 1. The molecule has 2 rings (SSSR count). The molecule has 0 bridgehead atoms. The Labute approximate surface area is 124 Å². The van der Waals surface area contributed by atoms with E-state index in [1.165, 1.54) is 0 Å². The summed E-state index contributed by atoms with van der Waals surface area (Å²) in [6.45, 7) is 0. The third-order valence-corrected chi connectivity index (χ3v) is 3.46. The van der Waals surface area contributed by atoms with Crippen molar-refractivity contribution in [2.75, 3.05) is 7.11 Å². The Hall–Kier alpha value is -2.00. The van der Waals surface area contributed by atoms with Gasteiger partial charge in [0, 0.05) is 11.8 Å². The van der Waals surface area contributed by atoms with Crippen molar-refractivity contribution in [1.82, 2.24) is 0 Å². The molecule has 20 heavy (non-hydrogen) atoms. The van der Waals surface area contributed by atoms with Crippen molar-refractivity contribution in [2.45, 2.75) is 12.8 Å². The summed E-state index contributed by atoms with van der Waals surface area (Å²) < 4.78 is 5.22. The fourth-order valence-electron chi connectivity index (χ4n) is 2.13. The number of hydrogen-bond acceptors (Lipinski definition) is 3. The van der Waals surface area contributed by atoms with E-state index in [4.69, 9.17) is 17.0 Å². The molecule has 0 aliphatic heterocycles. The van der Waals surface area contributed by atoms with Crippen molar-refractivity contribution >= 4 is 23.4 Å². The zero-order chi connectivity index (χ0) is 14.4. The van der Waals surface area contributed by atoms with E-state index in [1.807, 2.05) is 36.4 Å². The maximum atomic E-state index is 12.3. The first-order valence-corrected chi connectivity index (χ1v) is 6.92. The predicted octanol–water partition coefficient (Wildman–Crippen LogP) is 3.86. The number of Topliss-reactive ketones (excluding diaryl/α,β-unsaturated/α-hetero) is 1. The van der Waals surface area contributed by atoms with Gasteiger partial charge in [0.15, 0.2) is 5.78 Å².